The Kier molecular flexibility index (Phi) is 6.81. The van der Waals surface area contributed by atoms with Crippen molar-refractivity contribution in [3.63, 3.8) is 0 Å². The molecular weight excluding hydrogens is 220 g/mol. The number of unbranched alkanes of at least 4 members (excludes halogenated alkanes) is 1. The van der Waals surface area contributed by atoms with Gasteiger partial charge in [-0.1, -0.05) is 51.8 Å². The van der Waals surface area contributed by atoms with Crippen molar-refractivity contribution in [1.82, 2.24) is 0 Å². The standard InChI is InChI=1S/C16H28N2/c1-4-6-12-18(15-10-8-7-9-11-15)16(13-17)14(3)5-2/h7-11,14,16H,4-6,12-13,17H2,1-3H3. The summed E-state index contributed by atoms with van der Waals surface area (Å²) in [6, 6.07) is 11.1. The lowest BCUT2D eigenvalue weighted by molar-refractivity contribution is 0.415. The molecule has 1 rings (SSSR count). The van der Waals surface area contributed by atoms with Crippen LogP contribution >= 0.6 is 0 Å². The molecule has 0 saturated carbocycles. The Balaban J connectivity index is 2.89. The minimum Gasteiger partial charge on any atom is -0.367 e. The molecule has 2 N–H and O–H groups in total. The van der Waals surface area contributed by atoms with Crippen LogP contribution in [0.3, 0.4) is 0 Å². The summed E-state index contributed by atoms with van der Waals surface area (Å²) >= 11 is 0. The molecular formula is C16H28N2. The Bertz CT molecular complexity index is 310. The summed E-state index contributed by atoms with van der Waals surface area (Å²) in [6.45, 7) is 8.62. The molecule has 0 aliphatic rings. The van der Waals surface area contributed by atoms with Gasteiger partial charge in [-0.15, -0.1) is 0 Å². The van der Waals surface area contributed by atoms with E-state index < -0.39 is 0 Å². The highest BCUT2D eigenvalue weighted by molar-refractivity contribution is 5.47. The van der Waals surface area contributed by atoms with Gasteiger partial charge in [0.1, 0.15) is 0 Å². The van der Waals surface area contributed by atoms with Crippen LogP contribution in [0.5, 0.6) is 0 Å². The van der Waals surface area contributed by atoms with Crippen molar-refractivity contribution in [2.24, 2.45) is 11.7 Å². The van der Waals surface area contributed by atoms with E-state index in [1.54, 1.807) is 0 Å². The molecule has 0 aliphatic carbocycles. The highest BCUT2D eigenvalue weighted by Crippen LogP contribution is 2.22. The van der Waals surface area contributed by atoms with Gasteiger partial charge in [0.2, 0.25) is 0 Å². The van der Waals surface area contributed by atoms with Crippen LogP contribution in [0.1, 0.15) is 40.0 Å². The molecule has 0 aromatic heterocycles. The lowest BCUT2D eigenvalue weighted by Gasteiger charge is -2.36. The Morgan fingerprint density at radius 2 is 1.83 bits per heavy atom. The van der Waals surface area contributed by atoms with Crippen molar-refractivity contribution in [1.29, 1.82) is 0 Å². The topological polar surface area (TPSA) is 29.3 Å². The van der Waals surface area contributed by atoms with Gasteiger partial charge in [0, 0.05) is 24.8 Å². The Hall–Kier alpha value is -1.02. The number of nitrogens with two attached hydrogens (primary N) is 1. The molecule has 1 aromatic rings. The second kappa shape index (κ2) is 8.15. The van der Waals surface area contributed by atoms with Crippen LogP contribution in [0.25, 0.3) is 0 Å². The van der Waals surface area contributed by atoms with Crippen molar-refractivity contribution in [3.05, 3.63) is 30.3 Å². The normalized spacial score (nSPS) is 14.2. The molecule has 0 aliphatic heterocycles. The average Bonchev–Trinajstić information content (AvgIpc) is 2.43. The van der Waals surface area contributed by atoms with Crippen LogP contribution in [-0.2, 0) is 0 Å². The Morgan fingerprint density at radius 3 is 2.33 bits per heavy atom. The van der Waals surface area contributed by atoms with E-state index in [9.17, 15) is 0 Å². The van der Waals surface area contributed by atoms with Crippen LogP contribution < -0.4 is 10.6 Å². The predicted molar refractivity (Wildman–Crippen MR) is 81.0 cm³/mol. The lowest BCUT2D eigenvalue weighted by atomic mass is 9.96. The number of para-hydroxylation sites is 1. The average molecular weight is 248 g/mol. The third-order valence-corrected chi connectivity index (χ3v) is 3.78. The predicted octanol–water partition coefficient (Wildman–Crippen LogP) is 3.67. The molecule has 102 valence electrons. The SMILES string of the molecule is CCCCN(c1ccccc1)C(CN)C(C)CC. The molecule has 2 nitrogen and oxygen atoms in total. The third-order valence-electron chi connectivity index (χ3n) is 3.78. The molecule has 0 saturated heterocycles. The number of hydrogen-bond donors (Lipinski definition) is 1. The minimum absolute atomic E-state index is 0.448. The van der Waals surface area contributed by atoms with Crippen molar-refractivity contribution in [3.8, 4) is 0 Å². The van der Waals surface area contributed by atoms with Crippen molar-refractivity contribution < 1.29 is 0 Å². The molecule has 18 heavy (non-hydrogen) atoms. The quantitative estimate of drug-likeness (QED) is 0.760. The van der Waals surface area contributed by atoms with Gasteiger partial charge in [-0.05, 0) is 24.5 Å². The number of rotatable bonds is 8. The number of hydrogen-bond acceptors (Lipinski definition) is 2. The number of benzene rings is 1. The first-order valence-electron chi connectivity index (χ1n) is 7.26. The first kappa shape index (κ1) is 15.0. The van der Waals surface area contributed by atoms with E-state index in [4.69, 9.17) is 5.73 Å². The monoisotopic (exact) mass is 248 g/mol. The third kappa shape index (κ3) is 4.02. The van der Waals surface area contributed by atoms with Crippen LogP contribution in [-0.4, -0.2) is 19.1 Å². The van der Waals surface area contributed by atoms with Gasteiger partial charge < -0.3 is 10.6 Å². The summed E-state index contributed by atoms with van der Waals surface area (Å²) in [7, 11) is 0. The zero-order valence-corrected chi connectivity index (χ0v) is 12.1. The Labute approximate surface area is 112 Å². The molecule has 0 heterocycles. The molecule has 0 fully saturated rings. The van der Waals surface area contributed by atoms with E-state index in [0.29, 0.717) is 12.0 Å². The van der Waals surface area contributed by atoms with Gasteiger partial charge in [-0.2, -0.15) is 0 Å². The Morgan fingerprint density at radius 1 is 1.17 bits per heavy atom. The molecule has 0 spiro atoms. The van der Waals surface area contributed by atoms with Gasteiger partial charge in [0.05, 0.1) is 0 Å². The number of nitrogens with zero attached hydrogens (tertiary/aromatic N) is 1. The van der Waals surface area contributed by atoms with Crippen molar-refractivity contribution in [2.45, 2.75) is 46.1 Å². The van der Waals surface area contributed by atoms with Gasteiger partial charge in [0.25, 0.3) is 0 Å². The van der Waals surface area contributed by atoms with E-state index in [1.165, 1.54) is 24.9 Å². The van der Waals surface area contributed by atoms with Gasteiger partial charge in [-0.3, -0.25) is 0 Å². The fourth-order valence-electron chi connectivity index (χ4n) is 2.37. The summed E-state index contributed by atoms with van der Waals surface area (Å²) in [5.41, 5.74) is 7.32. The van der Waals surface area contributed by atoms with Crippen LogP contribution in [0, 0.1) is 5.92 Å². The first-order chi connectivity index (χ1) is 8.74. The lowest BCUT2D eigenvalue weighted by Crippen LogP contribution is -2.45. The largest absolute Gasteiger partial charge is 0.367 e. The summed E-state index contributed by atoms with van der Waals surface area (Å²) in [5, 5.41) is 0. The van der Waals surface area contributed by atoms with E-state index in [1.807, 2.05) is 0 Å². The van der Waals surface area contributed by atoms with Gasteiger partial charge in [0.15, 0.2) is 0 Å². The van der Waals surface area contributed by atoms with Gasteiger partial charge >= 0.3 is 0 Å². The fourth-order valence-corrected chi connectivity index (χ4v) is 2.37. The molecule has 2 unspecified atom stereocenters. The van der Waals surface area contributed by atoms with Gasteiger partial charge in [-0.25, -0.2) is 0 Å². The maximum atomic E-state index is 6.02. The highest BCUT2D eigenvalue weighted by atomic mass is 15.2. The molecule has 2 heteroatoms. The van der Waals surface area contributed by atoms with Crippen molar-refractivity contribution >= 4 is 5.69 Å². The fraction of sp³-hybridized carbons (Fsp3) is 0.625. The molecule has 0 radical (unpaired) electrons. The second-order valence-corrected chi connectivity index (χ2v) is 5.07. The summed E-state index contributed by atoms with van der Waals surface area (Å²) in [6.07, 6.45) is 3.63. The van der Waals surface area contributed by atoms with E-state index >= 15 is 0 Å². The maximum absolute atomic E-state index is 6.02. The zero-order valence-electron chi connectivity index (χ0n) is 12.1. The molecule has 0 amide bonds. The summed E-state index contributed by atoms with van der Waals surface area (Å²) in [4.78, 5) is 2.50. The minimum atomic E-state index is 0.448. The number of anilines is 1. The van der Waals surface area contributed by atoms with E-state index in [-0.39, 0.29) is 0 Å². The molecule has 2 atom stereocenters. The zero-order chi connectivity index (χ0) is 13.4. The van der Waals surface area contributed by atoms with Crippen LogP contribution in [0.4, 0.5) is 5.69 Å². The summed E-state index contributed by atoms with van der Waals surface area (Å²) in [5.74, 6) is 0.632. The smallest absolute Gasteiger partial charge is 0.0437 e. The van der Waals surface area contributed by atoms with Crippen molar-refractivity contribution in [2.75, 3.05) is 18.0 Å². The maximum Gasteiger partial charge on any atom is 0.0437 e. The second-order valence-electron chi connectivity index (χ2n) is 5.07. The molecule has 1 aromatic carbocycles. The highest BCUT2D eigenvalue weighted by Gasteiger charge is 2.21. The van der Waals surface area contributed by atoms with E-state index in [2.05, 4.69) is 56.0 Å². The first-order valence-corrected chi connectivity index (χ1v) is 7.26. The van der Waals surface area contributed by atoms with Crippen LogP contribution in [0.15, 0.2) is 30.3 Å². The molecule has 0 bridgehead atoms. The summed E-state index contributed by atoms with van der Waals surface area (Å²) < 4.78 is 0. The van der Waals surface area contributed by atoms with Crippen LogP contribution in [0.2, 0.25) is 0 Å². The van der Waals surface area contributed by atoms with E-state index in [0.717, 1.165) is 13.1 Å².